The molecule has 0 N–H and O–H groups in total. The van der Waals surface area contributed by atoms with Crippen molar-refractivity contribution >= 4 is 21.7 Å². The van der Waals surface area contributed by atoms with Crippen LogP contribution in [0.2, 0.25) is 0 Å². The zero-order valence-corrected chi connectivity index (χ0v) is 10.3. The second kappa shape index (κ2) is 4.37. The van der Waals surface area contributed by atoms with Crippen molar-refractivity contribution in [2.45, 2.75) is 0 Å². The Morgan fingerprint density at radius 1 is 1.41 bits per heavy atom. The minimum absolute atomic E-state index is 0.0474. The Kier molecular flexibility index (Phi) is 3.06. The minimum atomic E-state index is -0.904. The summed E-state index contributed by atoms with van der Waals surface area (Å²) < 4.78 is 28.6. The molecular formula is C11H7BrF2N2O. The molecule has 0 aliphatic heterocycles. The van der Waals surface area contributed by atoms with Crippen molar-refractivity contribution in [1.29, 1.82) is 0 Å². The maximum Gasteiger partial charge on any atom is 0.202 e. The van der Waals surface area contributed by atoms with E-state index in [1.807, 2.05) is 0 Å². The van der Waals surface area contributed by atoms with E-state index in [2.05, 4.69) is 21.0 Å². The summed E-state index contributed by atoms with van der Waals surface area (Å²) in [5, 5.41) is 3.78. The average Bonchev–Trinajstić information content (AvgIpc) is 2.71. The highest BCUT2D eigenvalue weighted by Crippen LogP contribution is 2.23. The first-order valence-corrected chi connectivity index (χ1v) is 5.47. The van der Waals surface area contributed by atoms with Gasteiger partial charge < -0.3 is 0 Å². The largest absolute Gasteiger partial charge is 0.288 e. The van der Waals surface area contributed by atoms with Crippen LogP contribution in [0.15, 0.2) is 29.0 Å². The van der Waals surface area contributed by atoms with E-state index in [-0.39, 0.29) is 10.0 Å². The summed E-state index contributed by atoms with van der Waals surface area (Å²) in [6.07, 6.45) is 2.67. The van der Waals surface area contributed by atoms with Crippen molar-refractivity contribution in [3.05, 3.63) is 51.8 Å². The summed E-state index contributed by atoms with van der Waals surface area (Å²) in [6.45, 7) is 0. The Hall–Kier alpha value is -1.56. The summed E-state index contributed by atoms with van der Waals surface area (Å²) >= 11 is 2.91. The third-order valence-electron chi connectivity index (χ3n) is 2.24. The van der Waals surface area contributed by atoms with Gasteiger partial charge in [0.2, 0.25) is 5.78 Å². The summed E-state index contributed by atoms with van der Waals surface area (Å²) in [4.78, 5) is 11.9. The van der Waals surface area contributed by atoms with Gasteiger partial charge in [0.25, 0.3) is 0 Å². The number of hydrogen-bond acceptors (Lipinski definition) is 2. The molecule has 88 valence electrons. The highest BCUT2D eigenvalue weighted by atomic mass is 79.9. The first-order chi connectivity index (χ1) is 8.00. The van der Waals surface area contributed by atoms with Crippen LogP contribution < -0.4 is 0 Å². The number of halogens is 3. The molecule has 0 spiro atoms. The lowest BCUT2D eigenvalue weighted by Crippen LogP contribution is -2.07. The summed E-state index contributed by atoms with van der Waals surface area (Å²) in [5.74, 6) is -2.52. The van der Waals surface area contributed by atoms with Crippen LogP contribution in [0.4, 0.5) is 8.78 Å². The lowest BCUT2D eigenvalue weighted by Gasteiger charge is -2.03. The highest BCUT2D eigenvalue weighted by Gasteiger charge is 2.21. The highest BCUT2D eigenvalue weighted by molar-refractivity contribution is 9.10. The average molecular weight is 301 g/mol. The van der Waals surface area contributed by atoms with Crippen LogP contribution in [0, 0.1) is 11.6 Å². The maximum absolute atomic E-state index is 13.7. The monoisotopic (exact) mass is 300 g/mol. The van der Waals surface area contributed by atoms with Crippen LogP contribution in [-0.4, -0.2) is 15.6 Å². The molecule has 0 saturated carbocycles. The van der Waals surface area contributed by atoms with Gasteiger partial charge in [0.15, 0.2) is 5.82 Å². The number of carbonyl (C=O) groups is 1. The van der Waals surface area contributed by atoms with E-state index in [1.54, 1.807) is 7.05 Å². The van der Waals surface area contributed by atoms with Gasteiger partial charge in [-0.25, -0.2) is 8.78 Å². The van der Waals surface area contributed by atoms with Crippen LogP contribution >= 0.6 is 15.9 Å². The van der Waals surface area contributed by atoms with Crippen LogP contribution in [0.5, 0.6) is 0 Å². The van der Waals surface area contributed by atoms with Crippen molar-refractivity contribution in [2.24, 2.45) is 7.05 Å². The van der Waals surface area contributed by atoms with Crippen molar-refractivity contribution < 1.29 is 13.6 Å². The van der Waals surface area contributed by atoms with Crippen molar-refractivity contribution in [3.63, 3.8) is 0 Å². The molecular weight excluding hydrogens is 294 g/mol. The molecule has 0 radical (unpaired) electrons. The molecule has 0 fully saturated rings. The summed E-state index contributed by atoms with van der Waals surface area (Å²) in [7, 11) is 1.62. The van der Waals surface area contributed by atoms with E-state index in [4.69, 9.17) is 0 Å². The van der Waals surface area contributed by atoms with E-state index in [0.717, 1.165) is 6.07 Å². The van der Waals surface area contributed by atoms with E-state index in [0.29, 0.717) is 0 Å². The lowest BCUT2D eigenvalue weighted by atomic mass is 10.1. The Bertz CT molecular complexity index is 595. The number of aryl methyl sites for hydroxylation is 1. The quantitative estimate of drug-likeness (QED) is 0.631. The molecule has 2 rings (SSSR count). The molecule has 2 aromatic rings. The van der Waals surface area contributed by atoms with E-state index < -0.39 is 23.0 Å². The van der Waals surface area contributed by atoms with Gasteiger partial charge in [-0.05, 0) is 28.1 Å². The third-order valence-corrected chi connectivity index (χ3v) is 2.85. The topological polar surface area (TPSA) is 34.9 Å². The fourth-order valence-corrected chi connectivity index (χ4v) is 1.75. The molecule has 1 aromatic carbocycles. The fourth-order valence-electron chi connectivity index (χ4n) is 1.42. The molecule has 6 heteroatoms. The number of benzene rings is 1. The summed E-state index contributed by atoms with van der Waals surface area (Å²) in [6, 6.07) is 2.25. The van der Waals surface area contributed by atoms with Crippen LogP contribution in [-0.2, 0) is 7.05 Å². The molecule has 0 unspecified atom stereocenters. The van der Waals surface area contributed by atoms with Crippen LogP contribution in [0.25, 0.3) is 0 Å². The molecule has 1 heterocycles. The second-order valence-electron chi connectivity index (χ2n) is 3.45. The molecule has 0 aliphatic carbocycles. The van der Waals surface area contributed by atoms with Gasteiger partial charge in [-0.2, -0.15) is 5.10 Å². The van der Waals surface area contributed by atoms with Gasteiger partial charge in [-0.15, -0.1) is 0 Å². The van der Waals surface area contributed by atoms with Gasteiger partial charge in [0.05, 0.1) is 21.8 Å². The SMILES string of the molecule is Cn1cc(C(=O)c2c(F)ccc(Br)c2F)cn1. The van der Waals surface area contributed by atoms with Gasteiger partial charge >= 0.3 is 0 Å². The van der Waals surface area contributed by atoms with E-state index >= 15 is 0 Å². The van der Waals surface area contributed by atoms with Crippen molar-refractivity contribution in [2.75, 3.05) is 0 Å². The second-order valence-corrected chi connectivity index (χ2v) is 4.30. The Morgan fingerprint density at radius 3 is 2.71 bits per heavy atom. The molecule has 0 aliphatic rings. The van der Waals surface area contributed by atoms with Gasteiger partial charge in [0, 0.05) is 13.2 Å². The number of ketones is 1. The number of nitrogens with zero attached hydrogens (tertiary/aromatic N) is 2. The minimum Gasteiger partial charge on any atom is -0.288 e. The normalized spacial score (nSPS) is 10.6. The maximum atomic E-state index is 13.7. The molecule has 1 aromatic heterocycles. The number of hydrogen-bond donors (Lipinski definition) is 0. The predicted octanol–water partition coefficient (Wildman–Crippen LogP) is 2.69. The van der Waals surface area contributed by atoms with Gasteiger partial charge in [0.1, 0.15) is 5.82 Å². The number of rotatable bonds is 2. The molecule has 0 atom stereocenters. The van der Waals surface area contributed by atoms with E-state index in [1.165, 1.54) is 23.1 Å². The summed E-state index contributed by atoms with van der Waals surface area (Å²) in [5.41, 5.74) is -0.434. The van der Waals surface area contributed by atoms with Crippen LogP contribution in [0.1, 0.15) is 15.9 Å². The fraction of sp³-hybridized carbons (Fsp3) is 0.0909. The number of carbonyl (C=O) groups excluding carboxylic acids is 1. The van der Waals surface area contributed by atoms with Gasteiger partial charge in [-0.3, -0.25) is 9.48 Å². The van der Waals surface area contributed by atoms with Crippen molar-refractivity contribution in [1.82, 2.24) is 9.78 Å². The number of aromatic nitrogens is 2. The predicted molar refractivity (Wildman–Crippen MR) is 60.7 cm³/mol. The smallest absolute Gasteiger partial charge is 0.202 e. The molecule has 0 saturated heterocycles. The zero-order chi connectivity index (χ0) is 12.6. The van der Waals surface area contributed by atoms with Gasteiger partial charge in [-0.1, -0.05) is 0 Å². The zero-order valence-electron chi connectivity index (χ0n) is 8.75. The Labute approximate surface area is 104 Å². The molecule has 3 nitrogen and oxygen atoms in total. The van der Waals surface area contributed by atoms with E-state index in [9.17, 15) is 13.6 Å². The molecule has 0 amide bonds. The standard InChI is InChI=1S/C11H7BrF2N2O/c1-16-5-6(4-15-16)11(17)9-8(13)3-2-7(12)10(9)14/h2-5H,1H3. The molecule has 17 heavy (non-hydrogen) atoms. The Morgan fingerprint density at radius 2 is 2.12 bits per heavy atom. The Balaban J connectivity index is 2.54. The molecule has 0 bridgehead atoms. The third kappa shape index (κ3) is 2.12. The van der Waals surface area contributed by atoms with Crippen LogP contribution in [0.3, 0.4) is 0 Å². The first-order valence-electron chi connectivity index (χ1n) is 4.67. The lowest BCUT2D eigenvalue weighted by molar-refractivity contribution is 0.103. The van der Waals surface area contributed by atoms with Crippen molar-refractivity contribution in [3.8, 4) is 0 Å². The first kappa shape index (κ1) is 11.9.